The Morgan fingerprint density at radius 2 is 1.90 bits per heavy atom. The van der Waals surface area contributed by atoms with E-state index in [0.29, 0.717) is 0 Å². The lowest BCUT2D eigenvalue weighted by molar-refractivity contribution is -0.145. The molecule has 0 fully saturated rings. The second-order valence-corrected chi connectivity index (χ2v) is 6.33. The Balaban J connectivity index is 4.78. The fourth-order valence-electron chi connectivity index (χ4n) is 1.62. The molecule has 2 amide bonds. The number of nitrogens with two attached hydrogens (primary N) is 1. The molecule has 0 aliphatic heterocycles. The van der Waals surface area contributed by atoms with Gasteiger partial charge in [-0.2, -0.15) is 11.8 Å². The molecule has 116 valence electrons. The van der Waals surface area contributed by atoms with E-state index >= 15 is 0 Å². The van der Waals surface area contributed by atoms with Gasteiger partial charge in [0.25, 0.3) is 0 Å². The van der Waals surface area contributed by atoms with Gasteiger partial charge in [0.2, 0.25) is 11.8 Å². The van der Waals surface area contributed by atoms with Crippen molar-refractivity contribution in [1.29, 1.82) is 0 Å². The summed E-state index contributed by atoms with van der Waals surface area (Å²) in [6, 6.07) is -0.848. The summed E-state index contributed by atoms with van der Waals surface area (Å²) < 4.78 is -0.589. The molecule has 0 heterocycles. The molecule has 20 heavy (non-hydrogen) atoms. The first-order valence-corrected chi connectivity index (χ1v) is 7.41. The van der Waals surface area contributed by atoms with Gasteiger partial charge in [-0.25, -0.2) is 0 Å². The van der Waals surface area contributed by atoms with Crippen molar-refractivity contribution < 1.29 is 19.5 Å². The van der Waals surface area contributed by atoms with E-state index in [-0.39, 0.29) is 13.0 Å². The number of carboxylic acids is 1. The fraction of sp³-hybridized carbons (Fsp3) is 0.750. The molecule has 0 aromatic carbocycles. The summed E-state index contributed by atoms with van der Waals surface area (Å²) in [6.45, 7) is 3.49. The average Bonchev–Trinajstić information content (AvgIpc) is 2.40. The van der Waals surface area contributed by atoms with E-state index in [1.807, 2.05) is 0 Å². The smallest absolute Gasteiger partial charge is 0.308 e. The molecule has 0 bridgehead atoms. The predicted octanol–water partition coefficient (Wildman–Crippen LogP) is -0.592. The third-order valence-electron chi connectivity index (χ3n) is 3.19. The fourth-order valence-corrected chi connectivity index (χ4v) is 2.09. The van der Waals surface area contributed by atoms with Crippen LogP contribution in [0.25, 0.3) is 0 Å². The largest absolute Gasteiger partial charge is 0.481 e. The number of aliphatic carboxylic acids is 1. The maximum Gasteiger partial charge on any atom is 0.308 e. The molecule has 0 saturated carbocycles. The lowest BCUT2D eigenvalue weighted by Crippen LogP contribution is -2.51. The van der Waals surface area contributed by atoms with Crippen molar-refractivity contribution in [3.05, 3.63) is 0 Å². The lowest BCUT2D eigenvalue weighted by atomic mass is 9.91. The Morgan fingerprint density at radius 1 is 1.35 bits per heavy atom. The van der Waals surface area contributed by atoms with Gasteiger partial charge in [0.05, 0.1) is 5.92 Å². The van der Waals surface area contributed by atoms with Gasteiger partial charge in [0.1, 0.15) is 6.04 Å². The third kappa shape index (κ3) is 5.38. The highest BCUT2D eigenvalue weighted by Gasteiger charge is 2.36. The zero-order valence-electron chi connectivity index (χ0n) is 12.2. The van der Waals surface area contributed by atoms with Crippen LogP contribution in [-0.2, 0) is 14.4 Å². The summed E-state index contributed by atoms with van der Waals surface area (Å²) in [5, 5.41) is 14.1. The van der Waals surface area contributed by atoms with Gasteiger partial charge in [-0.05, 0) is 20.1 Å². The van der Waals surface area contributed by atoms with Crippen LogP contribution in [0.5, 0.6) is 0 Å². The van der Waals surface area contributed by atoms with Crippen LogP contribution < -0.4 is 16.4 Å². The van der Waals surface area contributed by atoms with Crippen LogP contribution in [0.1, 0.15) is 20.3 Å². The number of hydrogen-bond donors (Lipinski definition) is 4. The van der Waals surface area contributed by atoms with Crippen molar-refractivity contribution in [2.75, 3.05) is 19.8 Å². The van der Waals surface area contributed by atoms with E-state index in [0.717, 1.165) is 0 Å². The quantitative estimate of drug-likeness (QED) is 0.475. The van der Waals surface area contributed by atoms with Gasteiger partial charge < -0.3 is 21.5 Å². The second kappa shape index (κ2) is 8.11. The van der Waals surface area contributed by atoms with E-state index < -0.39 is 34.5 Å². The zero-order valence-corrected chi connectivity index (χ0v) is 13.0. The molecule has 7 nitrogen and oxygen atoms in total. The number of carbonyl (C=O) groups excluding carboxylic acids is 2. The van der Waals surface area contributed by atoms with E-state index in [9.17, 15) is 19.5 Å². The topological polar surface area (TPSA) is 122 Å². The highest BCUT2D eigenvalue weighted by Crippen LogP contribution is 2.32. The maximum absolute atomic E-state index is 11.9. The minimum absolute atomic E-state index is 0.0466. The average molecular weight is 305 g/mol. The lowest BCUT2D eigenvalue weighted by Gasteiger charge is -2.29. The molecule has 0 radical (unpaired) electrons. The molecule has 0 aromatic rings. The molecule has 0 aromatic heterocycles. The van der Waals surface area contributed by atoms with Crippen molar-refractivity contribution in [2.45, 2.75) is 31.1 Å². The Hall–Kier alpha value is -1.28. The monoisotopic (exact) mass is 305 g/mol. The number of rotatable bonds is 8. The van der Waals surface area contributed by atoms with Crippen LogP contribution in [0.3, 0.4) is 0 Å². The molecule has 0 saturated heterocycles. The molecule has 0 aliphatic rings. The number of carbonyl (C=O) groups is 3. The van der Waals surface area contributed by atoms with Gasteiger partial charge in [-0.15, -0.1) is 0 Å². The van der Waals surface area contributed by atoms with Crippen LogP contribution >= 0.6 is 11.8 Å². The number of nitrogens with one attached hydrogen (secondary N) is 2. The van der Waals surface area contributed by atoms with Crippen molar-refractivity contribution in [3.63, 3.8) is 0 Å². The number of amides is 2. The number of likely N-dealkylation sites (N-methyl/N-ethyl adjacent to an activating group) is 1. The molecule has 2 atom stereocenters. The van der Waals surface area contributed by atoms with Crippen molar-refractivity contribution in [2.24, 2.45) is 11.7 Å². The summed E-state index contributed by atoms with van der Waals surface area (Å²) in [5.41, 5.74) is 5.40. The van der Waals surface area contributed by atoms with E-state index in [4.69, 9.17) is 5.73 Å². The summed E-state index contributed by atoms with van der Waals surface area (Å²) in [5.74, 6) is -2.79. The minimum Gasteiger partial charge on any atom is -0.481 e. The van der Waals surface area contributed by atoms with Gasteiger partial charge in [-0.1, -0.05) is 0 Å². The Morgan fingerprint density at radius 3 is 2.25 bits per heavy atom. The number of carboxylic acid groups (broad SMARTS) is 1. The third-order valence-corrected chi connectivity index (χ3v) is 4.52. The van der Waals surface area contributed by atoms with E-state index in [1.54, 1.807) is 20.1 Å². The number of thioether (sulfide) groups is 1. The highest BCUT2D eigenvalue weighted by molar-refractivity contribution is 8.00. The minimum atomic E-state index is -1.04. The Labute approximate surface area is 123 Å². The van der Waals surface area contributed by atoms with Crippen LogP contribution in [0, 0.1) is 5.92 Å². The van der Waals surface area contributed by atoms with Gasteiger partial charge in [-0.3, -0.25) is 14.4 Å². The Bertz CT molecular complexity index is 374. The first-order valence-electron chi connectivity index (χ1n) is 6.18. The maximum atomic E-state index is 11.9. The summed E-state index contributed by atoms with van der Waals surface area (Å²) in [7, 11) is 1.44. The van der Waals surface area contributed by atoms with Gasteiger partial charge in [0.15, 0.2) is 0 Å². The Kier molecular flexibility index (Phi) is 7.59. The summed E-state index contributed by atoms with van der Waals surface area (Å²) in [4.78, 5) is 34.6. The second-order valence-electron chi connectivity index (χ2n) is 4.87. The molecule has 0 rings (SSSR count). The zero-order chi connectivity index (χ0) is 15.9. The number of hydrogen-bond acceptors (Lipinski definition) is 5. The normalized spacial score (nSPS) is 14.2. The van der Waals surface area contributed by atoms with Crippen molar-refractivity contribution >= 4 is 29.5 Å². The van der Waals surface area contributed by atoms with Crippen LogP contribution in [0.15, 0.2) is 0 Å². The van der Waals surface area contributed by atoms with E-state index in [2.05, 4.69) is 10.6 Å². The molecular weight excluding hydrogens is 282 g/mol. The molecule has 8 heteroatoms. The van der Waals surface area contributed by atoms with Crippen molar-refractivity contribution in [3.8, 4) is 0 Å². The van der Waals surface area contributed by atoms with Gasteiger partial charge >= 0.3 is 5.97 Å². The van der Waals surface area contributed by atoms with Crippen LogP contribution in [0.2, 0.25) is 0 Å². The SMILES string of the molecule is CNC(=O)C(CN)NC(=O)CC(C(=O)O)C(C)(C)SC. The molecule has 0 aliphatic carbocycles. The predicted molar refractivity (Wildman–Crippen MR) is 78.4 cm³/mol. The first kappa shape index (κ1) is 18.7. The van der Waals surface area contributed by atoms with E-state index in [1.165, 1.54) is 18.8 Å². The van der Waals surface area contributed by atoms with Crippen LogP contribution in [0.4, 0.5) is 0 Å². The molecule has 5 N–H and O–H groups in total. The summed E-state index contributed by atoms with van der Waals surface area (Å²) in [6.07, 6.45) is 1.59. The molecule has 0 spiro atoms. The van der Waals surface area contributed by atoms with Crippen LogP contribution in [-0.4, -0.2) is 53.5 Å². The first-order chi connectivity index (χ1) is 9.19. The molecule has 2 unspecified atom stereocenters. The summed E-state index contributed by atoms with van der Waals surface area (Å²) >= 11 is 1.38. The molecular formula is C12H23N3O4S. The highest BCUT2D eigenvalue weighted by atomic mass is 32.2. The van der Waals surface area contributed by atoms with Crippen molar-refractivity contribution in [1.82, 2.24) is 10.6 Å². The van der Waals surface area contributed by atoms with Gasteiger partial charge in [0, 0.05) is 24.8 Å². The standard InChI is InChI=1S/C12H23N3O4S/c1-12(2,20-4)7(11(18)19)5-9(16)15-8(6-13)10(17)14-3/h7-8H,5-6,13H2,1-4H3,(H,14,17)(H,15,16)(H,18,19).